The topological polar surface area (TPSA) is 104 Å². The first-order valence-electron chi connectivity index (χ1n) is 10.3. The van der Waals surface area contributed by atoms with Gasteiger partial charge in [-0.15, -0.1) is 0 Å². The summed E-state index contributed by atoms with van der Waals surface area (Å²) in [5, 5.41) is 10.3. The van der Waals surface area contributed by atoms with Gasteiger partial charge >= 0.3 is 6.01 Å². The molecule has 3 heterocycles. The Morgan fingerprint density at radius 3 is 2.68 bits per heavy atom. The lowest BCUT2D eigenvalue weighted by Gasteiger charge is -2.38. The van der Waals surface area contributed by atoms with E-state index < -0.39 is 0 Å². The van der Waals surface area contributed by atoms with E-state index in [2.05, 4.69) is 49.6 Å². The molecule has 0 spiro atoms. The highest BCUT2D eigenvalue weighted by molar-refractivity contribution is 6.14. The fraction of sp³-hybridized carbons (Fsp3) is 0.364. The van der Waals surface area contributed by atoms with Gasteiger partial charge in [0, 0.05) is 55.7 Å². The number of aromatic nitrogens is 3. The SMILES string of the molecule is CNc1ncccc1NC(=O)c1ccc(N2CC(C)NC(C)C2)c2cnc(OC)nc12. The summed E-state index contributed by atoms with van der Waals surface area (Å²) in [6, 6.07) is 8.28. The van der Waals surface area contributed by atoms with Crippen molar-refractivity contribution in [2.24, 2.45) is 0 Å². The van der Waals surface area contributed by atoms with Gasteiger partial charge in [-0.05, 0) is 38.1 Å². The summed E-state index contributed by atoms with van der Waals surface area (Å²) in [5.74, 6) is 0.316. The van der Waals surface area contributed by atoms with Crippen molar-refractivity contribution in [2.45, 2.75) is 25.9 Å². The number of benzene rings is 1. The van der Waals surface area contributed by atoms with E-state index in [1.165, 1.54) is 7.11 Å². The highest BCUT2D eigenvalue weighted by Crippen LogP contribution is 2.31. The van der Waals surface area contributed by atoms with Crippen molar-refractivity contribution in [3.8, 4) is 6.01 Å². The predicted molar refractivity (Wildman–Crippen MR) is 122 cm³/mol. The molecule has 0 bridgehead atoms. The van der Waals surface area contributed by atoms with Gasteiger partial charge < -0.3 is 25.6 Å². The third-order valence-corrected chi connectivity index (χ3v) is 5.32. The number of anilines is 3. The van der Waals surface area contributed by atoms with Crippen LogP contribution < -0.4 is 25.6 Å². The van der Waals surface area contributed by atoms with Crippen LogP contribution in [0.1, 0.15) is 24.2 Å². The zero-order chi connectivity index (χ0) is 22.0. The smallest absolute Gasteiger partial charge is 0.316 e. The number of nitrogens with zero attached hydrogens (tertiary/aromatic N) is 4. The molecule has 162 valence electrons. The molecule has 1 aliphatic heterocycles. The summed E-state index contributed by atoms with van der Waals surface area (Å²) in [6.07, 6.45) is 3.40. The summed E-state index contributed by atoms with van der Waals surface area (Å²) >= 11 is 0. The van der Waals surface area contributed by atoms with Crippen molar-refractivity contribution in [2.75, 3.05) is 42.8 Å². The Kier molecular flexibility index (Phi) is 5.85. The Hall–Kier alpha value is -3.46. The van der Waals surface area contributed by atoms with Gasteiger partial charge in [-0.2, -0.15) is 4.98 Å². The van der Waals surface area contributed by atoms with E-state index in [0.29, 0.717) is 34.7 Å². The molecule has 0 aliphatic carbocycles. The molecule has 1 aliphatic rings. The molecule has 2 unspecified atom stereocenters. The first kappa shape index (κ1) is 20.8. The maximum absolute atomic E-state index is 13.2. The second-order valence-corrected chi connectivity index (χ2v) is 7.73. The van der Waals surface area contributed by atoms with Crippen molar-refractivity contribution >= 4 is 34.0 Å². The molecule has 1 amide bonds. The number of amides is 1. The number of methoxy groups -OCH3 is 1. The Bertz CT molecular complexity index is 1090. The molecule has 0 radical (unpaired) electrons. The van der Waals surface area contributed by atoms with Gasteiger partial charge in [-0.3, -0.25) is 4.79 Å². The van der Waals surface area contributed by atoms with E-state index >= 15 is 0 Å². The Labute approximate surface area is 181 Å². The Morgan fingerprint density at radius 2 is 1.97 bits per heavy atom. The van der Waals surface area contributed by atoms with Crippen LogP contribution in [0.2, 0.25) is 0 Å². The van der Waals surface area contributed by atoms with Crippen molar-refractivity contribution in [3.63, 3.8) is 0 Å². The molecule has 1 saturated heterocycles. The van der Waals surface area contributed by atoms with Crippen LogP contribution in [0.4, 0.5) is 17.2 Å². The van der Waals surface area contributed by atoms with Gasteiger partial charge in [0.25, 0.3) is 5.91 Å². The second kappa shape index (κ2) is 8.73. The molecule has 2 atom stereocenters. The fourth-order valence-corrected chi connectivity index (χ4v) is 4.07. The molecular weight excluding hydrogens is 394 g/mol. The highest BCUT2D eigenvalue weighted by Gasteiger charge is 2.24. The first-order valence-corrected chi connectivity index (χ1v) is 10.3. The number of nitrogens with one attached hydrogen (secondary N) is 3. The third-order valence-electron chi connectivity index (χ3n) is 5.32. The van der Waals surface area contributed by atoms with E-state index in [9.17, 15) is 4.79 Å². The molecule has 1 fully saturated rings. The normalized spacial score (nSPS) is 18.6. The number of piperazine rings is 1. The van der Waals surface area contributed by atoms with Crippen LogP contribution >= 0.6 is 0 Å². The van der Waals surface area contributed by atoms with E-state index in [4.69, 9.17) is 4.74 Å². The van der Waals surface area contributed by atoms with Gasteiger partial charge in [0.15, 0.2) is 0 Å². The average molecular weight is 422 g/mol. The Balaban J connectivity index is 1.76. The van der Waals surface area contributed by atoms with Crippen molar-refractivity contribution in [3.05, 3.63) is 42.2 Å². The van der Waals surface area contributed by atoms with Crippen molar-refractivity contribution in [1.29, 1.82) is 0 Å². The standard InChI is InChI=1S/C22H27N7O2/c1-13-11-29(12-14(2)26-13)18-8-7-15(19-16(18)10-25-22(28-19)31-4)21(30)27-17-6-5-9-24-20(17)23-3/h5-10,13-14,26H,11-12H2,1-4H3,(H,23,24)(H,27,30). The number of pyridine rings is 1. The summed E-state index contributed by atoms with van der Waals surface area (Å²) in [7, 11) is 3.27. The van der Waals surface area contributed by atoms with E-state index in [0.717, 1.165) is 24.2 Å². The summed E-state index contributed by atoms with van der Waals surface area (Å²) in [5.41, 5.74) is 2.60. The zero-order valence-electron chi connectivity index (χ0n) is 18.1. The second-order valence-electron chi connectivity index (χ2n) is 7.73. The minimum Gasteiger partial charge on any atom is -0.467 e. The zero-order valence-corrected chi connectivity index (χ0v) is 18.1. The van der Waals surface area contributed by atoms with E-state index in [-0.39, 0.29) is 11.9 Å². The maximum atomic E-state index is 13.2. The molecular formula is C22H27N7O2. The molecule has 2 aromatic heterocycles. The van der Waals surface area contributed by atoms with Gasteiger partial charge in [0.1, 0.15) is 5.82 Å². The quantitative estimate of drug-likeness (QED) is 0.577. The largest absolute Gasteiger partial charge is 0.467 e. The lowest BCUT2D eigenvalue weighted by molar-refractivity contribution is 0.102. The molecule has 9 nitrogen and oxygen atoms in total. The number of ether oxygens (including phenoxy) is 1. The van der Waals surface area contributed by atoms with Gasteiger partial charge in [-0.25, -0.2) is 9.97 Å². The highest BCUT2D eigenvalue weighted by atomic mass is 16.5. The summed E-state index contributed by atoms with van der Waals surface area (Å²) in [4.78, 5) is 28.6. The van der Waals surface area contributed by atoms with Crippen LogP contribution in [0.3, 0.4) is 0 Å². The molecule has 4 rings (SSSR count). The third kappa shape index (κ3) is 4.22. The minimum absolute atomic E-state index is 0.220. The first-order chi connectivity index (χ1) is 15.0. The average Bonchev–Trinajstić information content (AvgIpc) is 2.77. The Morgan fingerprint density at radius 1 is 1.19 bits per heavy atom. The summed E-state index contributed by atoms with van der Waals surface area (Å²) < 4.78 is 5.23. The molecule has 1 aromatic carbocycles. The van der Waals surface area contributed by atoms with Crippen LogP contribution in [-0.2, 0) is 0 Å². The van der Waals surface area contributed by atoms with E-state index in [1.807, 2.05) is 12.1 Å². The monoisotopic (exact) mass is 421 g/mol. The molecule has 31 heavy (non-hydrogen) atoms. The predicted octanol–water partition coefficient (Wildman–Crippen LogP) is 2.51. The van der Waals surface area contributed by atoms with Crippen LogP contribution in [0.5, 0.6) is 6.01 Å². The number of hydrogen-bond donors (Lipinski definition) is 3. The van der Waals surface area contributed by atoms with Crippen LogP contribution in [0, 0.1) is 0 Å². The number of fused-ring (bicyclic) bond motifs is 1. The van der Waals surface area contributed by atoms with E-state index in [1.54, 1.807) is 31.6 Å². The molecule has 9 heteroatoms. The van der Waals surface area contributed by atoms with Crippen LogP contribution in [0.15, 0.2) is 36.7 Å². The molecule has 0 saturated carbocycles. The van der Waals surface area contributed by atoms with Gasteiger partial charge in [0.05, 0.1) is 23.9 Å². The number of carbonyl (C=O) groups excluding carboxylic acids is 1. The van der Waals surface area contributed by atoms with Gasteiger partial charge in [-0.1, -0.05) is 0 Å². The minimum atomic E-state index is -0.274. The molecule has 3 aromatic rings. The van der Waals surface area contributed by atoms with Crippen LogP contribution in [-0.4, -0.2) is 60.2 Å². The number of rotatable bonds is 5. The van der Waals surface area contributed by atoms with Crippen molar-refractivity contribution < 1.29 is 9.53 Å². The fourth-order valence-electron chi connectivity index (χ4n) is 4.07. The van der Waals surface area contributed by atoms with Gasteiger partial charge in [0.2, 0.25) is 0 Å². The van der Waals surface area contributed by atoms with Crippen LogP contribution in [0.25, 0.3) is 10.9 Å². The molecule has 3 N–H and O–H groups in total. The lowest BCUT2D eigenvalue weighted by atomic mass is 10.0. The summed E-state index contributed by atoms with van der Waals surface area (Å²) in [6.45, 7) is 6.05. The van der Waals surface area contributed by atoms with Crippen molar-refractivity contribution in [1.82, 2.24) is 20.3 Å². The number of carbonyl (C=O) groups is 1. The maximum Gasteiger partial charge on any atom is 0.316 e. The lowest BCUT2D eigenvalue weighted by Crippen LogP contribution is -2.54. The number of hydrogen-bond acceptors (Lipinski definition) is 8.